The minimum Gasteiger partial charge on any atom is -0.489 e. The van der Waals surface area contributed by atoms with Crippen LogP contribution in [0.5, 0.6) is 11.6 Å². The summed E-state index contributed by atoms with van der Waals surface area (Å²) in [7, 11) is 1.57. The maximum atomic E-state index is 12.7. The van der Waals surface area contributed by atoms with Crippen LogP contribution in [0.1, 0.15) is 18.4 Å². The van der Waals surface area contributed by atoms with Gasteiger partial charge in [-0.3, -0.25) is 4.79 Å². The van der Waals surface area contributed by atoms with Crippen molar-refractivity contribution in [3.05, 3.63) is 48.2 Å². The SMILES string of the molecule is COc1nc(Nc2nccc(-c3ccc(OC4CCN(C(=O)[C@H](O)C(F)F)CC4)c(C#N)c3)n2)ccc1N1CCOCC1. The Kier molecular flexibility index (Phi) is 9.43. The second kappa shape index (κ2) is 13.6. The molecule has 226 valence electrons. The molecule has 43 heavy (non-hydrogen) atoms. The number of amides is 1. The Morgan fingerprint density at radius 1 is 1.14 bits per heavy atom. The number of hydrogen-bond acceptors (Lipinski definition) is 11. The Morgan fingerprint density at radius 3 is 2.60 bits per heavy atom. The number of morpholine rings is 1. The molecule has 5 rings (SSSR count). The van der Waals surface area contributed by atoms with Crippen molar-refractivity contribution in [2.75, 3.05) is 56.7 Å². The van der Waals surface area contributed by atoms with Gasteiger partial charge in [-0.25, -0.2) is 18.7 Å². The second-order valence-corrected chi connectivity index (χ2v) is 9.96. The Labute approximate surface area is 246 Å². The summed E-state index contributed by atoms with van der Waals surface area (Å²) in [5.41, 5.74) is 2.41. The van der Waals surface area contributed by atoms with Gasteiger partial charge in [-0.05, 0) is 36.4 Å². The molecule has 0 saturated carbocycles. The molecular formula is C29H31F2N7O5. The first kappa shape index (κ1) is 29.9. The zero-order valence-electron chi connectivity index (χ0n) is 23.4. The van der Waals surface area contributed by atoms with Gasteiger partial charge in [-0.1, -0.05) is 0 Å². The van der Waals surface area contributed by atoms with Gasteiger partial charge < -0.3 is 34.4 Å². The van der Waals surface area contributed by atoms with Crippen LogP contribution in [0.15, 0.2) is 42.6 Å². The van der Waals surface area contributed by atoms with E-state index < -0.39 is 18.4 Å². The zero-order valence-corrected chi connectivity index (χ0v) is 23.4. The summed E-state index contributed by atoms with van der Waals surface area (Å²) >= 11 is 0. The van der Waals surface area contributed by atoms with E-state index in [4.69, 9.17) is 14.2 Å². The Bertz CT molecular complexity index is 1470. The number of benzene rings is 1. The van der Waals surface area contributed by atoms with E-state index in [2.05, 4.69) is 31.2 Å². The summed E-state index contributed by atoms with van der Waals surface area (Å²) in [6.45, 7) is 3.12. The van der Waals surface area contributed by atoms with Crippen molar-refractivity contribution in [1.29, 1.82) is 5.26 Å². The minimum absolute atomic E-state index is 0.167. The standard InChI is InChI=1S/C29H31F2N7O5/c1-41-27-22(37-12-14-42-15-13-37)3-5-24(35-27)36-29-33-9-6-21(34-29)18-2-4-23(19(16-18)17-32)43-20-7-10-38(11-8-20)28(40)25(39)26(30)31/h2-6,9,16,20,25-26,39H,7-8,10-15H2,1H3,(H,33,34,35,36)/t25-/m1/s1. The highest BCUT2D eigenvalue weighted by Crippen LogP contribution is 2.31. The highest BCUT2D eigenvalue weighted by molar-refractivity contribution is 5.81. The van der Waals surface area contributed by atoms with Crippen molar-refractivity contribution < 1.29 is 32.9 Å². The third-order valence-corrected chi connectivity index (χ3v) is 7.22. The van der Waals surface area contributed by atoms with Crippen molar-refractivity contribution >= 4 is 23.4 Å². The molecule has 0 radical (unpaired) electrons. The number of carbonyl (C=O) groups is 1. The van der Waals surface area contributed by atoms with Crippen molar-refractivity contribution in [3.8, 4) is 29.0 Å². The van der Waals surface area contributed by atoms with Crippen LogP contribution in [0.3, 0.4) is 0 Å². The fourth-order valence-corrected chi connectivity index (χ4v) is 4.94. The number of alkyl halides is 2. The topological polar surface area (TPSA) is 146 Å². The first-order valence-corrected chi connectivity index (χ1v) is 13.8. The number of aliphatic hydroxyl groups is 1. The second-order valence-electron chi connectivity index (χ2n) is 9.96. The van der Waals surface area contributed by atoms with Gasteiger partial charge in [0, 0.05) is 50.8 Å². The smallest absolute Gasteiger partial charge is 0.273 e. The van der Waals surface area contributed by atoms with Crippen LogP contribution >= 0.6 is 0 Å². The number of hydrogen-bond donors (Lipinski definition) is 2. The van der Waals surface area contributed by atoms with Gasteiger partial charge in [0.15, 0.2) is 6.10 Å². The summed E-state index contributed by atoms with van der Waals surface area (Å²) in [6, 6.07) is 12.7. The number of piperidine rings is 1. The lowest BCUT2D eigenvalue weighted by Gasteiger charge is -2.33. The van der Waals surface area contributed by atoms with E-state index in [1.54, 1.807) is 37.6 Å². The predicted octanol–water partition coefficient (Wildman–Crippen LogP) is 2.99. The monoisotopic (exact) mass is 595 g/mol. The quantitative estimate of drug-likeness (QED) is 0.376. The third kappa shape index (κ3) is 7.07. The van der Waals surface area contributed by atoms with E-state index in [-0.39, 0.29) is 19.2 Å². The number of halogens is 2. The molecule has 0 bridgehead atoms. The van der Waals surface area contributed by atoms with E-state index in [1.807, 2.05) is 12.1 Å². The molecule has 2 fully saturated rings. The lowest BCUT2D eigenvalue weighted by atomic mass is 10.1. The number of anilines is 3. The van der Waals surface area contributed by atoms with Gasteiger partial charge >= 0.3 is 0 Å². The highest BCUT2D eigenvalue weighted by atomic mass is 19.3. The van der Waals surface area contributed by atoms with Gasteiger partial charge in [0.25, 0.3) is 12.3 Å². The Hall–Kier alpha value is -4.61. The number of ether oxygens (including phenoxy) is 3. The average molecular weight is 596 g/mol. The van der Waals surface area contributed by atoms with E-state index >= 15 is 0 Å². The number of aromatic nitrogens is 3. The largest absolute Gasteiger partial charge is 0.489 e. The molecule has 12 nitrogen and oxygen atoms in total. The zero-order chi connectivity index (χ0) is 30.3. The van der Waals surface area contributed by atoms with E-state index in [1.165, 1.54) is 4.90 Å². The maximum absolute atomic E-state index is 12.7. The maximum Gasteiger partial charge on any atom is 0.273 e. The van der Waals surface area contributed by atoms with Crippen LogP contribution in [-0.4, -0.2) is 96.0 Å². The normalized spacial score (nSPS) is 16.5. The van der Waals surface area contributed by atoms with Crippen LogP contribution in [-0.2, 0) is 9.53 Å². The van der Waals surface area contributed by atoms with Gasteiger partial charge in [0.1, 0.15) is 29.4 Å². The van der Waals surface area contributed by atoms with Crippen LogP contribution in [0, 0.1) is 11.3 Å². The van der Waals surface area contributed by atoms with Crippen molar-refractivity contribution in [1.82, 2.24) is 19.9 Å². The first-order valence-electron chi connectivity index (χ1n) is 13.8. The van der Waals surface area contributed by atoms with E-state index in [0.29, 0.717) is 66.3 Å². The van der Waals surface area contributed by atoms with Gasteiger partial charge in [0.05, 0.1) is 31.6 Å². The van der Waals surface area contributed by atoms with Crippen LogP contribution in [0.2, 0.25) is 0 Å². The average Bonchev–Trinajstić information content (AvgIpc) is 3.05. The van der Waals surface area contributed by atoms with Crippen LogP contribution in [0.4, 0.5) is 26.2 Å². The third-order valence-electron chi connectivity index (χ3n) is 7.22. The molecule has 1 amide bonds. The van der Waals surface area contributed by atoms with Gasteiger partial charge in [-0.15, -0.1) is 0 Å². The Balaban J connectivity index is 1.24. The number of rotatable bonds is 9. The number of nitrogens with one attached hydrogen (secondary N) is 1. The van der Waals surface area contributed by atoms with E-state index in [9.17, 15) is 23.9 Å². The molecule has 2 saturated heterocycles. The molecule has 1 atom stereocenters. The lowest BCUT2D eigenvalue weighted by molar-refractivity contribution is -0.150. The molecule has 4 heterocycles. The molecule has 2 N–H and O–H groups in total. The summed E-state index contributed by atoms with van der Waals surface area (Å²) < 4.78 is 42.3. The first-order chi connectivity index (χ1) is 20.9. The fourth-order valence-electron chi connectivity index (χ4n) is 4.94. The number of likely N-dealkylation sites (tertiary alicyclic amines) is 1. The summed E-state index contributed by atoms with van der Waals surface area (Å²) in [5, 5.41) is 22.3. The van der Waals surface area contributed by atoms with E-state index in [0.717, 1.165) is 18.8 Å². The number of nitrogens with zero attached hydrogens (tertiary/aromatic N) is 6. The molecule has 1 aromatic carbocycles. The molecule has 2 aromatic heterocycles. The molecule has 2 aliphatic heterocycles. The highest BCUT2D eigenvalue weighted by Gasteiger charge is 2.33. The molecule has 0 spiro atoms. The number of nitriles is 1. The minimum atomic E-state index is -3.13. The molecule has 2 aliphatic rings. The molecular weight excluding hydrogens is 564 g/mol. The summed E-state index contributed by atoms with van der Waals surface area (Å²) in [4.78, 5) is 28.8. The van der Waals surface area contributed by atoms with Crippen molar-refractivity contribution in [2.45, 2.75) is 31.5 Å². The lowest BCUT2D eigenvalue weighted by Crippen LogP contribution is -2.47. The van der Waals surface area contributed by atoms with Crippen molar-refractivity contribution in [2.24, 2.45) is 0 Å². The number of aliphatic hydroxyl groups excluding tert-OH is 1. The molecule has 0 aliphatic carbocycles. The van der Waals surface area contributed by atoms with Gasteiger partial charge in [0.2, 0.25) is 11.8 Å². The van der Waals surface area contributed by atoms with Crippen LogP contribution < -0.4 is 19.7 Å². The number of carbonyl (C=O) groups excluding carboxylic acids is 1. The molecule has 3 aromatic rings. The number of pyridine rings is 1. The molecule has 0 unspecified atom stereocenters. The summed E-state index contributed by atoms with van der Waals surface area (Å²) in [6.07, 6.45) is -3.43. The summed E-state index contributed by atoms with van der Waals surface area (Å²) in [5.74, 6) is 0.661. The Morgan fingerprint density at radius 2 is 1.91 bits per heavy atom. The molecule has 14 heteroatoms. The van der Waals surface area contributed by atoms with Crippen LogP contribution in [0.25, 0.3) is 11.3 Å². The predicted molar refractivity (Wildman–Crippen MR) is 152 cm³/mol. The number of methoxy groups -OCH3 is 1. The van der Waals surface area contributed by atoms with Gasteiger partial charge in [-0.2, -0.15) is 10.2 Å². The van der Waals surface area contributed by atoms with Crippen molar-refractivity contribution in [3.63, 3.8) is 0 Å². The fraction of sp³-hybridized carbons (Fsp3) is 0.414.